The number of hydrogen-bond donors (Lipinski definition) is 1. The van der Waals surface area contributed by atoms with Crippen LogP contribution in [0.25, 0.3) is 17.1 Å². The van der Waals surface area contributed by atoms with Crippen LogP contribution in [0, 0.1) is 0 Å². The first-order valence-electron chi connectivity index (χ1n) is 8.42. The van der Waals surface area contributed by atoms with Crippen LogP contribution in [0.1, 0.15) is 5.56 Å². The van der Waals surface area contributed by atoms with Crippen LogP contribution in [0.3, 0.4) is 0 Å². The summed E-state index contributed by atoms with van der Waals surface area (Å²) < 4.78 is 31.7. The fraction of sp³-hybridized carbons (Fsp3) is 0. The lowest BCUT2D eigenvalue weighted by atomic mass is 10.2. The summed E-state index contributed by atoms with van der Waals surface area (Å²) in [4.78, 5) is 2.36. The molecular weight excluding hydrogens is 376 g/mol. The van der Waals surface area contributed by atoms with Crippen LogP contribution in [-0.4, -0.2) is 24.4 Å². The molecule has 0 bridgehead atoms. The Morgan fingerprint density at radius 2 is 1.68 bits per heavy atom. The van der Waals surface area contributed by atoms with Gasteiger partial charge in [0.05, 0.1) is 23.1 Å². The largest absolute Gasteiger partial charge is 0.463 e. The van der Waals surface area contributed by atoms with Crippen LogP contribution < -0.4 is 4.83 Å². The Balaban J connectivity index is 1.65. The highest BCUT2D eigenvalue weighted by Crippen LogP contribution is 2.23. The van der Waals surface area contributed by atoms with Crippen molar-refractivity contribution in [3.63, 3.8) is 0 Å². The van der Waals surface area contributed by atoms with Crippen molar-refractivity contribution < 1.29 is 12.8 Å². The van der Waals surface area contributed by atoms with E-state index in [0.29, 0.717) is 17.0 Å². The van der Waals surface area contributed by atoms with Gasteiger partial charge in [0.15, 0.2) is 5.76 Å². The molecule has 0 aliphatic carbocycles. The number of furan rings is 1. The smallest absolute Gasteiger partial charge is 0.276 e. The molecular formula is C20H16N4O3S. The Labute approximate surface area is 162 Å². The maximum Gasteiger partial charge on any atom is 0.276 e. The highest BCUT2D eigenvalue weighted by Gasteiger charge is 2.15. The number of hydrazone groups is 1. The van der Waals surface area contributed by atoms with Crippen molar-refractivity contribution in [1.82, 2.24) is 14.6 Å². The third-order valence-corrected chi connectivity index (χ3v) is 5.19. The maximum atomic E-state index is 12.3. The average Bonchev–Trinajstić information content (AvgIpc) is 3.39. The second-order valence-corrected chi connectivity index (χ2v) is 7.52. The number of hydrogen-bond acceptors (Lipinski definition) is 5. The van der Waals surface area contributed by atoms with Gasteiger partial charge in [-0.1, -0.05) is 36.4 Å². The third kappa shape index (κ3) is 3.72. The van der Waals surface area contributed by atoms with E-state index in [1.54, 1.807) is 47.5 Å². The Hall–Kier alpha value is -3.65. The molecule has 0 spiro atoms. The minimum absolute atomic E-state index is 0.137. The van der Waals surface area contributed by atoms with Crippen LogP contribution in [0.15, 0.2) is 99.7 Å². The molecule has 0 saturated carbocycles. The minimum atomic E-state index is -3.74. The predicted octanol–water partition coefficient (Wildman–Crippen LogP) is 3.44. The molecule has 140 valence electrons. The summed E-state index contributed by atoms with van der Waals surface area (Å²) >= 11 is 0. The standard InChI is InChI=1S/C20H16N4O3S/c25-28(26,18-10-5-2-6-11-18)23-21-14-16-15-24(17-8-3-1-4-9-17)22-20(16)19-12-7-13-27-19/h1-15,23H/b21-14+. The van der Waals surface area contributed by atoms with Gasteiger partial charge >= 0.3 is 0 Å². The molecule has 7 nitrogen and oxygen atoms in total. The maximum absolute atomic E-state index is 12.3. The fourth-order valence-corrected chi connectivity index (χ4v) is 3.43. The van der Waals surface area contributed by atoms with Crippen LogP contribution >= 0.6 is 0 Å². The van der Waals surface area contributed by atoms with Crippen molar-refractivity contribution in [2.45, 2.75) is 4.90 Å². The van der Waals surface area contributed by atoms with Crippen molar-refractivity contribution >= 4 is 16.2 Å². The van der Waals surface area contributed by atoms with Gasteiger partial charge in [0.2, 0.25) is 0 Å². The van der Waals surface area contributed by atoms with Gasteiger partial charge in [0.25, 0.3) is 10.0 Å². The van der Waals surface area contributed by atoms with E-state index in [0.717, 1.165) is 5.69 Å². The first-order valence-corrected chi connectivity index (χ1v) is 9.91. The summed E-state index contributed by atoms with van der Waals surface area (Å²) in [5.41, 5.74) is 2.02. The first kappa shape index (κ1) is 17.7. The molecule has 0 radical (unpaired) electrons. The van der Waals surface area contributed by atoms with Gasteiger partial charge in [-0.2, -0.15) is 18.6 Å². The molecule has 1 N–H and O–H groups in total. The highest BCUT2D eigenvalue weighted by molar-refractivity contribution is 7.89. The summed E-state index contributed by atoms with van der Waals surface area (Å²) in [7, 11) is -3.74. The van der Waals surface area contributed by atoms with Crippen LogP contribution in [0.5, 0.6) is 0 Å². The van der Waals surface area contributed by atoms with E-state index in [1.165, 1.54) is 18.3 Å². The molecule has 0 aliphatic rings. The second kappa shape index (κ2) is 7.53. The van der Waals surface area contributed by atoms with Crippen molar-refractivity contribution in [2.24, 2.45) is 5.10 Å². The molecule has 0 unspecified atom stereocenters. The molecule has 0 amide bonds. The van der Waals surface area contributed by atoms with Gasteiger partial charge in [-0.25, -0.2) is 9.51 Å². The molecule has 8 heteroatoms. The number of nitrogens with zero attached hydrogens (tertiary/aromatic N) is 3. The molecule has 0 atom stereocenters. The zero-order valence-electron chi connectivity index (χ0n) is 14.6. The number of para-hydroxylation sites is 1. The normalized spacial score (nSPS) is 11.7. The van der Waals surface area contributed by atoms with E-state index in [4.69, 9.17) is 4.42 Å². The lowest BCUT2D eigenvalue weighted by molar-refractivity contribution is 0.579. The monoisotopic (exact) mass is 392 g/mol. The molecule has 2 heterocycles. The summed E-state index contributed by atoms with van der Waals surface area (Å²) in [5, 5.41) is 8.46. The molecule has 0 saturated heterocycles. The molecule has 0 fully saturated rings. The molecule has 4 rings (SSSR count). The lowest BCUT2D eigenvalue weighted by Gasteiger charge is -2.02. The van der Waals surface area contributed by atoms with E-state index in [1.807, 2.05) is 30.3 Å². The molecule has 4 aromatic rings. The summed E-state index contributed by atoms with van der Waals surface area (Å²) in [6, 6.07) is 21.1. The van der Waals surface area contributed by atoms with Gasteiger partial charge in [-0.15, -0.1) is 0 Å². The van der Waals surface area contributed by atoms with Gasteiger partial charge in [0.1, 0.15) is 5.69 Å². The topological polar surface area (TPSA) is 89.5 Å². The van der Waals surface area contributed by atoms with Crippen LogP contribution in [0.4, 0.5) is 0 Å². The van der Waals surface area contributed by atoms with E-state index in [9.17, 15) is 8.42 Å². The quantitative estimate of drug-likeness (QED) is 0.402. The predicted molar refractivity (Wildman–Crippen MR) is 106 cm³/mol. The van der Waals surface area contributed by atoms with Gasteiger partial charge in [0, 0.05) is 11.8 Å². The van der Waals surface area contributed by atoms with Crippen molar-refractivity contribution in [2.75, 3.05) is 0 Å². The Bertz CT molecular complexity index is 1180. The van der Waals surface area contributed by atoms with Crippen molar-refractivity contribution in [3.05, 3.63) is 90.8 Å². The second-order valence-electron chi connectivity index (χ2n) is 5.86. The van der Waals surface area contributed by atoms with E-state index < -0.39 is 10.0 Å². The van der Waals surface area contributed by atoms with Crippen molar-refractivity contribution in [1.29, 1.82) is 0 Å². The molecule has 2 aromatic carbocycles. The number of sulfonamides is 1. The van der Waals surface area contributed by atoms with Crippen LogP contribution in [-0.2, 0) is 10.0 Å². The van der Waals surface area contributed by atoms with Gasteiger partial charge < -0.3 is 4.42 Å². The number of rotatable bonds is 6. The molecule has 0 aliphatic heterocycles. The molecule has 28 heavy (non-hydrogen) atoms. The fourth-order valence-electron chi connectivity index (χ4n) is 2.62. The summed E-state index contributed by atoms with van der Waals surface area (Å²) in [5.74, 6) is 0.557. The van der Waals surface area contributed by atoms with Crippen LogP contribution in [0.2, 0.25) is 0 Å². The van der Waals surface area contributed by atoms with E-state index in [-0.39, 0.29) is 4.90 Å². The molecule has 2 aromatic heterocycles. The Morgan fingerprint density at radius 3 is 2.36 bits per heavy atom. The number of benzene rings is 2. The number of nitrogens with one attached hydrogen (secondary N) is 1. The minimum Gasteiger partial charge on any atom is -0.463 e. The third-order valence-electron chi connectivity index (χ3n) is 3.95. The highest BCUT2D eigenvalue weighted by atomic mass is 32.2. The van der Waals surface area contributed by atoms with E-state index >= 15 is 0 Å². The van der Waals surface area contributed by atoms with E-state index in [2.05, 4.69) is 15.0 Å². The van der Waals surface area contributed by atoms with Gasteiger partial charge in [-0.05, 0) is 36.4 Å². The van der Waals surface area contributed by atoms with Crippen molar-refractivity contribution in [3.8, 4) is 17.1 Å². The Kier molecular flexibility index (Phi) is 4.77. The zero-order valence-corrected chi connectivity index (χ0v) is 15.5. The van der Waals surface area contributed by atoms with Gasteiger partial charge in [-0.3, -0.25) is 0 Å². The number of aromatic nitrogens is 2. The first-order chi connectivity index (χ1) is 13.6. The average molecular weight is 392 g/mol. The summed E-state index contributed by atoms with van der Waals surface area (Å²) in [6.07, 6.45) is 4.72. The lowest BCUT2D eigenvalue weighted by Crippen LogP contribution is -2.18. The zero-order chi connectivity index (χ0) is 19.4. The SMILES string of the molecule is O=S(=O)(N/N=C/c1cn(-c2ccccc2)nc1-c1ccco1)c1ccccc1. The Morgan fingerprint density at radius 1 is 0.964 bits per heavy atom. The summed E-state index contributed by atoms with van der Waals surface area (Å²) in [6.45, 7) is 0.